The Balaban J connectivity index is 2.41. The number of hydrogen-bond acceptors (Lipinski definition) is 3. The van der Waals surface area contributed by atoms with Crippen molar-refractivity contribution in [2.75, 3.05) is 0 Å². The van der Waals surface area contributed by atoms with Gasteiger partial charge in [-0.25, -0.2) is 0 Å². The van der Waals surface area contributed by atoms with Gasteiger partial charge in [0.1, 0.15) is 6.04 Å². The molecule has 3 N–H and O–H groups in total. The van der Waals surface area contributed by atoms with Crippen LogP contribution in [-0.2, 0) is 23.4 Å². The Hall–Kier alpha value is -1.57. The number of aromatic nitrogens is 2. The fourth-order valence-electron chi connectivity index (χ4n) is 2.17. The number of alkyl halides is 3. The van der Waals surface area contributed by atoms with Crippen molar-refractivity contribution >= 4 is 5.97 Å². The maximum atomic E-state index is 12.5. The quantitative estimate of drug-likeness (QED) is 0.848. The molecular formula is C10H12F3N3O2. The SMILES string of the molecule is Cn1nc(C(F)(F)F)cc1C1(C(N)C(=O)O)CC1. The van der Waals surface area contributed by atoms with Gasteiger partial charge in [-0.2, -0.15) is 18.3 Å². The van der Waals surface area contributed by atoms with E-state index in [-0.39, 0.29) is 5.69 Å². The van der Waals surface area contributed by atoms with E-state index in [2.05, 4.69) is 5.10 Å². The highest BCUT2D eigenvalue weighted by molar-refractivity contribution is 5.76. The predicted octanol–water partition coefficient (Wildman–Crippen LogP) is 0.882. The van der Waals surface area contributed by atoms with Crippen molar-refractivity contribution in [2.45, 2.75) is 30.5 Å². The molecule has 1 saturated carbocycles. The summed E-state index contributed by atoms with van der Waals surface area (Å²) in [5.41, 5.74) is 3.84. The van der Waals surface area contributed by atoms with Crippen molar-refractivity contribution < 1.29 is 23.1 Å². The summed E-state index contributed by atoms with van der Waals surface area (Å²) in [5, 5.41) is 12.3. The summed E-state index contributed by atoms with van der Waals surface area (Å²) in [7, 11) is 1.36. The predicted molar refractivity (Wildman–Crippen MR) is 54.7 cm³/mol. The van der Waals surface area contributed by atoms with Gasteiger partial charge in [0.25, 0.3) is 0 Å². The Morgan fingerprint density at radius 1 is 1.61 bits per heavy atom. The number of aryl methyl sites for hydroxylation is 1. The first-order valence-electron chi connectivity index (χ1n) is 5.28. The highest BCUT2D eigenvalue weighted by Gasteiger charge is 2.55. The van der Waals surface area contributed by atoms with Crippen LogP contribution in [0, 0.1) is 0 Å². The van der Waals surface area contributed by atoms with E-state index in [0.29, 0.717) is 12.8 Å². The van der Waals surface area contributed by atoms with Gasteiger partial charge in [0.15, 0.2) is 5.69 Å². The van der Waals surface area contributed by atoms with Gasteiger partial charge in [-0.1, -0.05) is 0 Å². The molecule has 0 radical (unpaired) electrons. The zero-order chi connectivity index (χ0) is 13.7. The minimum Gasteiger partial charge on any atom is -0.480 e. The van der Waals surface area contributed by atoms with Gasteiger partial charge in [0.2, 0.25) is 0 Å². The van der Waals surface area contributed by atoms with Crippen LogP contribution in [-0.4, -0.2) is 26.9 Å². The van der Waals surface area contributed by atoms with Gasteiger partial charge in [0.05, 0.1) is 0 Å². The first kappa shape index (κ1) is 12.9. The van der Waals surface area contributed by atoms with Crippen LogP contribution in [0.1, 0.15) is 24.2 Å². The number of carboxylic acids is 1. The Bertz CT molecular complexity index is 491. The summed E-state index contributed by atoms with van der Waals surface area (Å²) in [6.07, 6.45) is -3.63. The van der Waals surface area contributed by atoms with E-state index in [0.717, 1.165) is 10.7 Å². The average Bonchev–Trinajstić information content (AvgIpc) is 2.94. The van der Waals surface area contributed by atoms with Crippen LogP contribution < -0.4 is 5.73 Å². The van der Waals surface area contributed by atoms with E-state index in [1.54, 1.807) is 0 Å². The van der Waals surface area contributed by atoms with Crippen LogP contribution in [0.15, 0.2) is 6.07 Å². The second-order valence-corrected chi connectivity index (χ2v) is 4.51. The van der Waals surface area contributed by atoms with E-state index in [1.807, 2.05) is 0 Å². The molecule has 1 fully saturated rings. The van der Waals surface area contributed by atoms with Gasteiger partial charge in [-0.15, -0.1) is 0 Å². The van der Waals surface area contributed by atoms with Crippen LogP contribution in [0.5, 0.6) is 0 Å². The van der Waals surface area contributed by atoms with E-state index < -0.39 is 29.3 Å². The monoisotopic (exact) mass is 263 g/mol. The van der Waals surface area contributed by atoms with Crippen molar-refractivity contribution in [3.63, 3.8) is 0 Å². The highest BCUT2D eigenvalue weighted by Crippen LogP contribution is 2.51. The molecular weight excluding hydrogens is 251 g/mol. The normalized spacial score (nSPS) is 19.6. The highest BCUT2D eigenvalue weighted by atomic mass is 19.4. The van der Waals surface area contributed by atoms with Crippen LogP contribution >= 0.6 is 0 Å². The minimum absolute atomic E-state index is 0.227. The molecule has 0 aliphatic heterocycles. The molecule has 0 aromatic carbocycles. The minimum atomic E-state index is -4.54. The topological polar surface area (TPSA) is 81.1 Å². The fraction of sp³-hybridized carbons (Fsp3) is 0.600. The van der Waals surface area contributed by atoms with Crippen LogP contribution in [0.2, 0.25) is 0 Å². The fourth-order valence-corrected chi connectivity index (χ4v) is 2.17. The molecule has 0 bridgehead atoms. The maximum Gasteiger partial charge on any atom is 0.435 e. The van der Waals surface area contributed by atoms with Crippen molar-refractivity contribution in [1.82, 2.24) is 9.78 Å². The lowest BCUT2D eigenvalue weighted by Crippen LogP contribution is -2.42. The van der Waals surface area contributed by atoms with Crippen LogP contribution in [0.4, 0.5) is 13.2 Å². The molecule has 1 unspecified atom stereocenters. The summed E-state index contributed by atoms with van der Waals surface area (Å²) < 4.78 is 38.6. The lowest BCUT2D eigenvalue weighted by molar-refractivity contribution is -0.141. The number of nitrogens with zero attached hydrogens (tertiary/aromatic N) is 2. The first-order valence-corrected chi connectivity index (χ1v) is 5.28. The van der Waals surface area contributed by atoms with Crippen molar-refractivity contribution in [1.29, 1.82) is 0 Å². The van der Waals surface area contributed by atoms with Gasteiger partial charge < -0.3 is 10.8 Å². The third-order valence-corrected chi connectivity index (χ3v) is 3.33. The summed E-state index contributed by atoms with van der Waals surface area (Å²) >= 11 is 0. The molecule has 8 heteroatoms. The first-order chi connectivity index (χ1) is 8.18. The zero-order valence-electron chi connectivity index (χ0n) is 9.53. The maximum absolute atomic E-state index is 12.5. The number of rotatable bonds is 3. The average molecular weight is 263 g/mol. The van der Waals surface area contributed by atoms with E-state index in [4.69, 9.17) is 10.8 Å². The Morgan fingerprint density at radius 3 is 2.50 bits per heavy atom. The second kappa shape index (κ2) is 3.71. The molecule has 0 amide bonds. The molecule has 5 nitrogen and oxygen atoms in total. The van der Waals surface area contributed by atoms with Gasteiger partial charge in [-0.05, 0) is 18.9 Å². The van der Waals surface area contributed by atoms with E-state index in [1.165, 1.54) is 7.05 Å². The molecule has 1 heterocycles. The summed E-state index contributed by atoms with van der Waals surface area (Å²) in [5.74, 6) is -1.22. The third-order valence-electron chi connectivity index (χ3n) is 3.33. The molecule has 18 heavy (non-hydrogen) atoms. The number of carboxylic acid groups (broad SMARTS) is 1. The van der Waals surface area contributed by atoms with E-state index >= 15 is 0 Å². The second-order valence-electron chi connectivity index (χ2n) is 4.51. The lowest BCUT2D eigenvalue weighted by Gasteiger charge is -2.19. The van der Waals surface area contributed by atoms with Gasteiger partial charge in [-0.3, -0.25) is 9.48 Å². The number of nitrogens with two attached hydrogens (primary N) is 1. The standard InChI is InChI=1S/C10H12F3N3O2/c1-16-6(4-5(15-16)10(11,12)13)9(2-3-9)7(14)8(17)18/h4,7H,2-3,14H2,1H3,(H,17,18). The molecule has 1 aliphatic rings. The Kier molecular flexibility index (Phi) is 2.65. The molecule has 2 rings (SSSR count). The Labute approximate surface area is 100 Å². The third kappa shape index (κ3) is 1.86. The largest absolute Gasteiger partial charge is 0.480 e. The molecule has 0 spiro atoms. The lowest BCUT2D eigenvalue weighted by atomic mass is 9.93. The van der Waals surface area contributed by atoms with Gasteiger partial charge in [0, 0.05) is 18.2 Å². The molecule has 1 aromatic rings. The molecule has 100 valence electrons. The molecule has 1 aromatic heterocycles. The van der Waals surface area contributed by atoms with Crippen LogP contribution in [0.25, 0.3) is 0 Å². The number of aliphatic carboxylic acids is 1. The number of carbonyl (C=O) groups is 1. The Morgan fingerprint density at radius 2 is 2.17 bits per heavy atom. The smallest absolute Gasteiger partial charge is 0.435 e. The zero-order valence-corrected chi connectivity index (χ0v) is 9.53. The summed E-state index contributed by atoms with van der Waals surface area (Å²) in [4.78, 5) is 10.9. The molecule has 1 atom stereocenters. The van der Waals surface area contributed by atoms with E-state index in [9.17, 15) is 18.0 Å². The van der Waals surface area contributed by atoms with Crippen molar-refractivity contribution in [3.8, 4) is 0 Å². The summed E-state index contributed by atoms with van der Waals surface area (Å²) in [6, 6.07) is -0.329. The van der Waals surface area contributed by atoms with Crippen molar-refractivity contribution in [2.24, 2.45) is 12.8 Å². The molecule has 1 aliphatic carbocycles. The number of hydrogen-bond donors (Lipinski definition) is 2. The number of halogens is 3. The van der Waals surface area contributed by atoms with Gasteiger partial charge >= 0.3 is 12.1 Å². The van der Waals surface area contributed by atoms with Crippen LogP contribution in [0.3, 0.4) is 0 Å². The molecule has 0 saturated heterocycles. The summed E-state index contributed by atoms with van der Waals surface area (Å²) in [6.45, 7) is 0. The van der Waals surface area contributed by atoms with Crippen molar-refractivity contribution in [3.05, 3.63) is 17.5 Å².